The van der Waals surface area contributed by atoms with Crippen molar-refractivity contribution in [2.24, 2.45) is 13.5 Å². The SMILES string of the molecule is C1CCN(P23=NP(N4CCCCC4)(=NP(N4CCCCC4)(N4CCCCC4)=N2)OCCOCCOCCOCCCCO3)CC1. The van der Waals surface area contributed by atoms with E-state index in [4.69, 9.17) is 36.8 Å². The third-order valence-corrected chi connectivity index (χ3v) is 21.0. The van der Waals surface area contributed by atoms with Crippen LogP contribution in [0.5, 0.6) is 0 Å². The first kappa shape index (κ1) is 35.2. The summed E-state index contributed by atoms with van der Waals surface area (Å²) >= 11 is 0. The van der Waals surface area contributed by atoms with E-state index in [0.717, 1.165) is 78.0 Å². The van der Waals surface area contributed by atoms with Crippen LogP contribution >= 0.6 is 22.7 Å². The predicted molar refractivity (Wildman–Crippen MR) is 183 cm³/mol. The van der Waals surface area contributed by atoms with Gasteiger partial charge in [0.05, 0.1) is 46.2 Å². The van der Waals surface area contributed by atoms with Crippen molar-refractivity contribution >= 4 is 22.7 Å². The zero-order valence-corrected chi connectivity index (χ0v) is 30.4. The Bertz CT molecular complexity index is 1010. The topological polar surface area (TPSA) is 96.2 Å². The highest BCUT2D eigenvalue weighted by atomic mass is 31.3. The van der Waals surface area contributed by atoms with Gasteiger partial charge in [-0.1, -0.05) is 25.7 Å². The second-order valence-corrected chi connectivity index (χ2v) is 21.2. The van der Waals surface area contributed by atoms with Crippen molar-refractivity contribution in [1.82, 2.24) is 18.7 Å². The number of rotatable bonds is 4. The number of hydrogen-bond donors (Lipinski definition) is 0. The molecule has 6 aliphatic rings. The van der Waals surface area contributed by atoms with Gasteiger partial charge in [0.2, 0.25) is 7.51 Å². The monoisotopic (exact) mass is 691 g/mol. The molecule has 0 aromatic rings. The first-order valence-electron chi connectivity index (χ1n) is 18.2. The van der Waals surface area contributed by atoms with Gasteiger partial charge in [-0.05, 0) is 64.2 Å². The first-order chi connectivity index (χ1) is 22.2. The minimum atomic E-state index is -2.81. The largest absolute Gasteiger partial charge is 0.379 e. The van der Waals surface area contributed by atoms with Crippen LogP contribution in [-0.4, -0.2) is 124 Å². The van der Waals surface area contributed by atoms with E-state index in [1.54, 1.807) is 0 Å². The molecule has 0 saturated carbocycles. The molecule has 0 N–H and O–H groups in total. The number of fused-ring (bicyclic) bond motifs is 1. The van der Waals surface area contributed by atoms with Crippen molar-refractivity contribution in [2.45, 2.75) is 89.9 Å². The molecule has 0 aromatic heterocycles. The zero-order chi connectivity index (χ0) is 30.7. The minimum absolute atomic E-state index is 0.473. The molecule has 6 aliphatic heterocycles. The third kappa shape index (κ3) is 8.93. The molecule has 15 heteroatoms. The molecular formula is C30H60N7O5P3. The summed E-state index contributed by atoms with van der Waals surface area (Å²) in [6, 6.07) is 0. The molecule has 2 atom stereocenters. The third-order valence-electron chi connectivity index (χ3n) is 9.72. The fraction of sp³-hybridized carbons (Fsp3) is 1.00. The van der Waals surface area contributed by atoms with Crippen LogP contribution in [0.2, 0.25) is 0 Å². The fourth-order valence-corrected chi connectivity index (χ4v) is 21.4. The van der Waals surface area contributed by atoms with Gasteiger partial charge in [-0.15, -0.1) is 0 Å². The van der Waals surface area contributed by atoms with E-state index in [-0.39, 0.29) is 0 Å². The van der Waals surface area contributed by atoms with Gasteiger partial charge in [-0.25, -0.2) is 18.7 Å². The smallest absolute Gasteiger partial charge is 0.283 e. The number of nitrogens with zero attached hydrogens (tertiary/aromatic N) is 7. The van der Waals surface area contributed by atoms with Crippen LogP contribution in [0.3, 0.4) is 0 Å². The summed E-state index contributed by atoms with van der Waals surface area (Å²) in [5.74, 6) is 0. The van der Waals surface area contributed by atoms with E-state index in [1.807, 2.05) is 0 Å². The summed E-state index contributed by atoms with van der Waals surface area (Å²) in [6.07, 6.45) is 16.5. The Morgan fingerprint density at radius 3 is 1.20 bits per heavy atom. The van der Waals surface area contributed by atoms with Crippen LogP contribution < -0.4 is 0 Å². The first-order valence-corrected chi connectivity index (χ1v) is 22.9. The standard InChI is InChI=1S/C30H60N7O5P3/c1-5-15-34(16-6-1)43(35-17-7-2-8-18-35)31-44(36-19-9-3-10-20-36)33-45(32-43,37-21-11-4-12-22-37)42-30-29-40-28-27-39-26-25-38-23-13-14-24-41-44/h1-30H2. The maximum absolute atomic E-state index is 7.27. The Morgan fingerprint density at radius 1 is 0.311 bits per heavy atom. The molecule has 0 aliphatic carbocycles. The van der Waals surface area contributed by atoms with Gasteiger partial charge < -0.3 is 23.3 Å². The summed E-state index contributed by atoms with van der Waals surface area (Å²) in [4.78, 5) is 0. The average Bonchev–Trinajstić information content (AvgIpc) is 3.11. The van der Waals surface area contributed by atoms with E-state index >= 15 is 0 Å². The number of ether oxygens (including phenoxy) is 3. The van der Waals surface area contributed by atoms with E-state index in [0.29, 0.717) is 52.9 Å². The van der Waals surface area contributed by atoms with Crippen LogP contribution in [0.4, 0.5) is 0 Å². The lowest BCUT2D eigenvalue weighted by Crippen LogP contribution is -2.39. The van der Waals surface area contributed by atoms with Crippen molar-refractivity contribution in [1.29, 1.82) is 0 Å². The average molecular weight is 692 g/mol. The van der Waals surface area contributed by atoms with E-state index < -0.39 is 22.7 Å². The lowest BCUT2D eigenvalue weighted by atomic mass is 10.2. The highest BCUT2D eigenvalue weighted by molar-refractivity contribution is 7.81. The molecule has 2 bridgehead atoms. The minimum Gasteiger partial charge on any atom is -0.379 e. The summed E-state index contributed by atoms with van der Waals surface area (Å²) in [5.41, 5.74) is 0. The molecule has 6 rings (SSSR count). The van der Waals surface area contributed by atoms with Gasteiger partial charge >= 0.3 is 0 Å². The molecule has 6 heterocycles. The van der Waals surface area contributed by atoms with Gasteiger partial charge in [-0.2, -0.15) is 13.5 Å². The normalized spacial score (nSPS) is 35.2. The molecule has 4 saturated heterocycles. The number of hydrogen-bond acceptors (Lipinski definition) is 12. The quantitative estimate of drug-likeness (QED) is 0.276. The molecular weight excluding hydrogens is 631 g/mol. The Labute approximate surface area is 272 Å². The van der Waals surface area contributed by atoms with E-state index in [2.05, 4.69) is 18.7 Å². The molecule has 260 valence electrons. The molecule has 12 nitrogen and oxygen atoms in total. The van der Waals surface area contributed by atoms with Crippen molar-refractivity contribution in [3.05, 3.63) is 0 Å². The van der Waals surface area contributed by atoms with Crippen LogP contribution in [0.25, 0.3) is 0 Å². The summed E-state index contributed by atoms with van der Waals surface area (Å²) in [5, 5.41) is 0. The maximum atomic E-state index is 7.27. The fourth-order valence-electron chi connectivity index (χ4n) is 7.24. The van der Waals surface area contributed by atoms with Gasteiger partial charge in [0.25, 0.3) is 15.2 Å². The lowest BCUT2D eigenvalue weighted by molar-refractivity contribution is 0.00846. The Morgan fingerprint density at radius 2 is 0.689 bits per heavy atom. The molecule has 0 spiro atoms. The highest BCUT2D eigenvalue weighted by Crippen LogP contribution is 2.83. The van der Waals surface area contributed by atoms with Crippen molar-refractivity contribution < 1.29 is 23.3 Å². The van der Waals surface area contributed by atoms with Crippen molar-refractivity contribution in [3.63, 3.8) is 0 Å². The van der Waals surface area contributed by atoms with Gasteiger partial charge in [0.15, 0.2) is 0 Å². The Hall–Kier alpha value is 0.330. The van der Waals surface area contributed by atoms with E-state index in [1.165, 1.54) is 64.2 Å². The second-order valence-electron chi connectivity index (χ2n) is 13.1. The van der Waals surface area contributed by atoms with Crippen molar-refractivity contribution in [3.8, 4) is 0 Å². The maximum Gasteiger partial charge on any atom is 0.283 e. The summed E-state index contributed by atoms with van der Waals surface area (Å²) < 4.78 is 60.7. The molecule has 0 aromatic carbocycles. The predicted octanol–water partition coefficient (Wildman–Crippen LogP) is 7.66. The van der Waals surface area contributed by atoms with Gasteiger partial charge in [-0.3, -0.25) is 0 Å². The summed E-state index contributed by atoms with van der Waals surface area (Å²) in [7, 11) is -8.12. The van der Waals surface area contributed by atoms with Crippen LogP contribution in [-0.2, 0) is 23.3 Å². The number of piperidine rings is 4. The Kier molecular flexibility index (Phi) is 13.9. The van der Waals surface area contributed by atoms with Crippen molar-refractivity contribution in [2.75, 3.05) is 105 Å². The van der Waals surface area contributed by atoms with Gasteiger partial charge in [0, 0.05) is 59.0 Å². The lowest BCUT2D eigenvalue weighted by Gasteiger charge is -2.50. The molecule has 45 heavy (non-hydrogen) atoms. The van der Waals surface area contributed by atoms with Crippen LogP contribution in [0.1, 0.15) is 89.9 Å². The van der Waals surface area contributed by atoms with E-state index in [9.17, 15) is 0 Å². The molecule has 2 unspecified atom stereocenters. The summed E-state index contributed by atoms with van der Waals surface area (Å²) in [6.45, 7) is 12.8. The van der Waals surface area contributed by atoms with Crippen LogP contribution in [0, 0.1) is 0 Å². The molecule has 4 fully saturated rings. The van der Waals surface area contributed by atoms with Crippen LogP contribution in [0.15, 0.2) is 13.5 Å². The second kappa shape index (κ2) is 17.8. The molecule has 0 radical (unpaired) electrons. The zero-order valence-electron chi connectivity index (χ0n) is 27.7. The molecule has 0 amide bonds. The highest BCUT2D eigenvalue weighted by Gasteiger charge is 2.50. The Balaban J connectivity index is 1.51. The van der Waals surface area contributed by atoms with Gasteiger partial charge in [0.1, 0.15) is 0 Å².